The van der Waals surface area contributed by atoms with Crippen LogP contribution in [0.25, 0.3) is 0 Å². The normalized spacial score (nSPS) is 26.0. The molecular formula is C11H22N2S. The van der Waals surface area contributed by atoms with Gasteiger partial charge in [0, 0.05) is 43.2 Å². The van der Waals surface area contributed by atoms with E-state index in [0.29, 0.717) is 6.04 Å². The Labute approximate surface area is 92.1 Å². The Hall–Kier alpha value is 0.0100. The van der Waals surface area contributed by atoms with Gasteiger partial charge in [0.05, 0.1) is 0 Å². The second kappa shape index (κ2) is 6.49. The maximum Gasteiger partial charge on any atom is 0.0195 e. The van der Waals surface area contributed by atoms with Gasteiger partial charge in [-0.3, -0.25) is 4.90 Å². The minimum Gasteiger partial charge on any atom is -0.312 e. The molecule has 1 saturated heterocycles. The fraction of sp³-hybridized carbons (Fsp3) is 0.818. The molecule has 2 unspecified atom stereocenters. The first-order valence-corrected chi connectivity index (χ1v) is 6.56. The van der Waals surface area contributed by atoms with Crippen LogP contribution in [0.4, 0.5) is 0 Å². The third-order valence-corrected chi connectivity index (χ3v) is 3.90. The van der Waals surface area contributed by atoms with Crippen molar-refractivity contribution in [2.75, 3.05) is 31.1 Å². The highest BCUT2D eigenvalue weighted by Gasteiger charge is 2.22. The van der Waals surface area contributed by atoms with Crippen LogP contribution < -0.4 is 5.32 Å². The van der Waals surface area contributed by atoms with E-state index in [1.54, 1.807) is 0 Å². The lowest BCUT2D eigenvalue weighted by Gasteiger charge is -2.37. The van der Waals surface area contributed by atoms with Crippen molar-refractivity contribution < 1.29 is 0 Å². The van der Waals surface area contributed by atoms with Crippen LogP contribution in [-0.4, -0.2) is 48.1 Å². The van der Waals surface area contributed by atoms with Crippen molar-refractivity contribution in [3.8, 4) is 0 Å². The van der Waals surface area contributed by atoms with Crippen LogP contribution in [-0.2, 0) is 0 Å². The van der Waals surface area contributed by atoms with Crippen molar-refractivity contribution >= 4 is 11.8 Å². The molecule has 0 aromatic carbocycles. The standard InChI is InChI=1S/C11H22N2S/c1-4-5-12-8-10(2)13-6-7-14-9-11(13)3/h4,10-12H,1,5-9H2,2-3H3. The summed E-state index contributed by atoms with van der Waals surface area (Å²) in [7, 11) is 0. The van der Waals surface area contributed by atoms with Gasteiger partial charge in [-0.1, -0.05) is 6.08 Å². The molecular weight excluding hydrogens is 192 g/mol. The highest BCUT2D eigenvalue weighted by molar-refractivity contribution is 7.99. The summed E-state index contributed by atoms with van der Waals surface area (Å²) < 4.78 is 0. The van der Waals surface area contributed by atoms with Gasteiger partial charge < -0.3 is 5.32 Å². The topological polar surface area (TPSA) is 15.3 Å². The molecule has 0 radical (unpaired) electrons. The number of rotatable bonds is 5. The molecule has 0 aliphatic carbocycles. The summed E-state index contributed by atoms with van der Waals surface area (Å²) >= 11 is 2.07. The predicted molar refractivity (Wildman–Crippen MR) is 66.0 cm³/mol. The number of thioether (sulfide) groups is 1. The summed E-state index contributed by atoms with van der Waals surface area (Å²) in [6, 6.07) is 1.38. The first kappa shape index (κ1) is 12.1. The summed E-state index contributed by atoms with van der Waals surface area (Å²) in [6.07, 6.45) is 1.92. The summed E-state index contributed by atoms with van der Waals surface area (Å²) in [5, 5.41) is 3.39. The van der Waals surface area contributed by atoms with Gasteiger partial charge in [0.15, 0.2) is 0 Å². The van der Waals surface area contributed by atoms with E-state index in [1.807, 2.05) is 6.08 Å². The Kier molecular flexibility index (Phi) is 5.60. The Bertz CT molecular complexity index is 173. The Morgan fingerprint density at radius 3 is 3.14 bits per heavy atom. The van der Waals surface area contributed by atoms with Gasteiger partial charge in [0.25, 0.3) is 0 Å². The van der Waals surface area contributed by atoms with E-state index in [4.69, 9.17) is 0 Å². The van der Waals surface area contributed by atoms with Crippen LogP contribution >= 0.6 is 11.8 Å². The first-order valence-electron chi connectivity index (χ1n) is 5.40. The molecule has 1 rings (SSSR count). The zero-order valence-corrected chi connectivity index (χ0v) is 10.1. The van der Waals surface area contributed by atoms with Crippen LogP contribution in [0.1, 0.15) is 13.8 Å². The Balaban J connectivity index is 2.26. The summed E-state index contributed by atoms with van der Waals surface area (Å²) in [5.41, 5.74) is 0. The summed E-state index contributed by atoms with van der Waals surface area (Å²) in [5.74, 6) is 2.57. The van der Waals surface area contributed by atoms with Crippen molar-refractivity contribution in [2.45, 2.75) is 25.9 Å². The van der Waals surface area contributed by atoms with Crippen molar-refractivity contribution in [1.29, 1.82) is 0 Å². The number of nitrogens with zero attached hydrogens (tertiary/aromatic N) is 1. The zero-order chi connectivity index (χ0) is 10.4. The van der Waals surface area contributed by atoms with Crippen molar-refractivity contribution in [3.05, 3.63) is 12.7 Å². The van der Waals surface area contributed by atoms with Crippen molar-refractivity contribution in [1.82, 2.24) is 10.2 Å². The van der Waals surface area contributed by atoms with Gasteiger partial charge in [0.2, 0.25) is 0 Å². The molecule has 0 saturated carbocycles. The molecule has 1 aliphatic heterocycles. The number of hydrogen-bond acceptors (Lipinski definition) is 3. The van der Waals surface area contributed by atoms with Crippen LogP contribution in [0, 0.1) is 0 Å². The van der Waals surface area contributed by atoms with Gasteiger partial charge in [-0.05, 0) is 13.8 Å². The van der Waals surface area contributed by atoms with Gasteiger partial charge in [-0.25, -0.2) is 0 Å². The van der Waals surface area contributed by atoms with Gasteiger partial charge in [0.1, 0.15) is 0 Å². The van der Waals surface area contributed by atoms with Gasteiger partial charge >= 0.3 is 0 Å². The smallest absolute Gasteiger partial charge is 0.0195 e. The molecule has 1 fully saturated rings. The van der Waals surface area contributed by atoms with Crippen LogP contribution in [0.3, 0.4) is 0 Å². The molecule has 0 spiro atoms. The largest absolute Gasteiger partial charge is 0.312 e. The maximum absolute atomic E-state index is 3.71. The van der Waals surface area contributed by atoms with E-state index in [2.05, 4.69) is 42.4 Å². The highest BCUT2D eigenvalue weighted by Crippen LogP contribution is 2.17. The predicted octanol–water partition coefficient (Wildman–Crippen LogP) is 1.59. The molecule has 2 atom stereocenters. The molecule has 82 valence electrons. The first-order chi connectivity index (χ1) is 6.75. The summed E-state index contributed by atoms with van der Waals surface area (Å²) in [4.78, 5) is 2.60. The van der Waals surface area contributed by atoms with Crippen molar-refractivity contribution in [3.63, 3.8) is 0 Å². The monoisotopic (exact) mass is 214 g/mol. The Morgan fingerprint density at radius 2 is 2.50 bits per heavy atom. The zero-order valence-electron chi connectivity index (χ0n) is 9.33. The van der Waals surface area contributed by atoms with Crippen LogP contribution in [0.2, 0.25) is 0 Å². The SMILES string of the molecule is C=CCNCC(C)N1CCSCC1C. The third kappa shape index (κ3) is 3.64. The molecule has 14 heavy (non-hydrogen) atoms. The maximum atomic E-state index is 3.71. The molecule has 0 amide bonds. The molecule has 3 heteroatoms. The van der Waals surface area contributed by atoms with Gasteiger partial charge in [-0.15, -0.1) is 6.58 Å². The lowest BCUT2D eigenvalue weighted by molar-refractivity contribution is 0.170. The number of nitrogens with one attached hydrogen (secondary N) is 1. The van der Waals surface area contributed by atoms with E-state index >= 15 is 0 Å². The lowest BCUT2D eigenvalue weighted by Crippen LogP contribution is -2.49. The van der Waals surface area contributed by atoms with E-state index in [1.165, 1.54) is 18.1 Å². The molecule has 0 aromatic heterocycles. The molecule has 1 aliphatic rings. The van der Waals surface area contributed by atoms with E-state index in [9.17, 15) is 0 Å². The molecule has 0 aromatic rings. The fourth-order valence-corrected chi connectivity index (χ4v) is 2.95. The van der Waals surface area contributed by atoms with E-state index in [-0.39, 0.29) is 0 Å². The van der Waals surface area contributed by atoms with E-state index < -0.39 is 0 Å². The minimum atomic E-state index is 0.644. The average molecular weight is 214 g/mol. The second-order valence-electron chi connectivity index (χ2n) is 3.96. The lowest BCUT2D eigenvalue weighted by atomic mass is 10.2. The van der Waals surface area contributed by atoms with E-state index in [0.717, 1.165) is 19.1 Å². The quantitative estimate of drug-likeness (QED) is 0.553. The second-order valence-corrected chi connectivity index (χ2v) is 5.11. The van der Waals surface area contributed by atoms with Crippen LogP contribution in [0.15, 0.2) is 12.7 Å². The fourth-order valence-electron chi connectivity index (χ4n) is 1.91. The van der Waals surface area contributed by atoms with Gasteiger partial charge in [-0.2, -0.15) is 11.8 Å². The summed E-state index contributed by atoms with van der Waals surface area (Å²) in [6.45, 7) is 11.6. The Morgan fingerprint density at radius 1 is 1.71 bits per heavy atom. The molecule has 1 N–H and O–H groups in total. The molecule has 2 nitrogen and oxygen atoms in total. The molecule has 1 heterocycles. The van der Waals surface area contributed by atoms with Crippen molar-refractivity contribution in [2.24, 2.45) is 0 Å². The van der Waals surface area contributed by atoms with Crippen LogP contribution in [0.5, 0.6) is 0 Å². The molecule has 0 bridgehead atoms. The highest BCUT2D eigenvalue weighted by atomic mass is 32.2. The third-order valence-electron chi connectivity index (χ3n) is 2.71. The number of hydrogen-bond donors (Lipinski definition) is 1. The average Bonchev–Trinajstić information content (AvgIpc) is 2.18. The minimum absolute atomic E-state index is 0.644.